The summed E-state index contributed by atoms with van der Waals surface area (Å²) in [6.07, 6.45) is 3.10. The van der Waals surface area contributed by atoms with Crippen LogP contribution in [0.1, 0.15) is 29.6 Å². The number of rotatable bonds is 9. The lowest BCUT2D eigenvalue weighted by molar-refractivity contribution is -0.404. The highest BCUT2D eigenvalue weighted by molar-refractivity contribution is 5.94. The lowest BCUT2D eigenvalue weighted by atomic mass is 10.2. The summed E-state index contributed by atoms with van der Waals surface area (Å²) in [5.74, 6) is -1.20. The molecule has 0 aliphatic carbocycles. The number of phenolic OH excluding ortho intramolecular Hbond substituents is 1. The first-order chi connectivity index (χ1) is 14.7. The first kappa shape index (κ1) is 24.9. The minimum absolute atomic E-state index is 0.00310. The number of amides is 1. The van der Waals surface area contributed by atoms with Gasteiger partial charge < -0.3 is 16.2 Å². The molecule has 0 radical (unpaired) electrons. The summed E-state index contributed by atoms with van der Waals surface area (Å²) >= 11 is 0. The largest absolute Gasteiger partial charge is 0.497 e. The molecule has 0 saturated heterocycles. The summed E-state index contributed by atoms with van der Waals surface area (Å²) in [5.41, 5.74) is 3.09. The van der Waals surface area contributed by atoms with Crippen LogP contribution in [-0.2, 0) is 0 Å². The third-order valence-electron chi connectivity index (χ3n) is 3.86. The van der Waals surface area contributed by atoms with Crippen LogP contribution in [-0.4, -0.2) is 38.9 Å². The molecule has 0 saturated carbocycles. The van der Waals surface area contributed by atoms with E-state index in [-0.39, 0.29) is 5.91 Å². The van der Waals surface area contributed by atoms with E-state index >= 15 is 0 Å². The predicted molar refractivity (Wildman–Crippen MR) is 110 cm³/mol. The molecule has 0 atom stereocenters. The number of carbonyl (C=O) groups is 1. The molecule has 0 aromatic heterocycles. The van der Waals surface area contributed by atoms with Gasteiger partial charge in [-0.2, -0.15) is 0 Å². The maximum absolute atomic E-state index is 11.5. The summed E-state index contributed by atoms with van der Waals surface area (Å²) in [5, 5.41) is 43.1. The number of benzene rings is 2. The van der Waals surface area contributed by atoms with E-state index in [0.717, 1.165) is 37.9 Å². The second-order valence-corrected chi connectivity index (χ2v) is 6.08. The Morgan fingerprint density at radius 2 is 1.45 bits per heavy atom. The molecule has 1 amide bonds. The zero-order valence-electron chi connectivity index (χ0n) is 16.3. The van der Waals surface area contributed by atoms with Crippen LogP contribution in [0.25, 0.3) is 0 Å². The molecule has 0 bridgehead atoms. The normalized spacial score (nSPS) is 9.84. The molecule has 2 aromatic rings. The topological polar surface area (TPSA) is 205 Å². The minimum atomic E-state index is -1.21. The highest BCUT2D eigenvalue weighted by Crippen LogP contribution is 2.38. The number of nitrogens with zero attached hydrogens (tertiary/aromatic N) is 3. The van der Waals surface area contributed by atoms with Crippen molar-refractivity contribution < 1.29 is 24.7 Å². The number of nitrogens with two attached hydrogens (primary N) is 1. The zero-order valence-corrected chi connectivity index (χ0v) is 16.3. The molecule has 2 rings (SSSR count). The van der Waals surface area contributed by atoms with E-state index < -0.39 is 37.6 Å². The van der Waals surface area contributed by atoms with E-state index in [1.165, 1.54) is 0 Å². The van der Waals surface area contributed by atoms with Gasteiger partial charge in [0.25, 0.3) is 17.3 Å². The van der Waals surface area contributed by atoms with Crippen LogP contribution in [0.15, 0.2) is 42.5 Å². The average molecular weight is 435 g/mol. The summed E-state index contributed by atoms with van der Waals surface area (Å²) < 4.78 is 0. The fourth-order valence-corrected chi connectivity index (χ4v) is 2.31. The fourth-order valence-electron chi connectivity index (χ4n) is 2.31. The minimum Gasteiger partial charge on any atom is -0.497 e. The van der Waals surface area contributed by atoms with Gasteiger partial charge in [-0.25, -0.2) is 0 Å². The Hall–Kier alpha value is -4.13. The van der Waals surface area contributed by atoms with Gasteiger partial charge in [-0.15, -0.1) is 0 Å². The van der Waals surface area contributed by atoms with Crippen molar-refractivity contribution >= 4 is 23.0 Å². The van der Waals surface area contributed by atoms with Crippen molar-refractivity contribution in [2.45, 2.75) is 19.3 Å². The molecule has 0 heterocycles. The van der Waals surface area contributed by atoms with E-state index in [9.17, 15) is 35.1 Å². The van der Waals surface area contributed by atoms with Crippen LogP contribution in [0.4, 0.5) is 17.1 Å². The van der Waals surface area contributed by atoms with Crippen LogP contribution < -0.4 is 11.1 Å². The second kappa shape index (κ2) is 12.4. The molecular weight excluding hydrogens is 414 g/mol. The van der Waals surface area contributed by atoms with Crippen LogP contribution in [0.2, 0.25) is 0 Å². The fraction of sp³-hybridized carbons (Fsp3) is 0.278. The van der Waals surface area contributed by atoms with Crippen molar-refractivity contribution in [2.24, 2.45) is 5.73 Å². The summed E-state index contributed by atoms with van der Waals surface area (Å²) in [7, 11) is 0. The van der Waals surface area contributed by atoms with Crippen molar-refractivity contribution in [2.75, 3.05) is 13.1 Å². The molecular formula is C18H21N5O8. The van der Waals surface area contributed by atoms with Crippen molar-refractivity contribution in [1.82, 2.24) is 5.32 Å². The van der Waals surface area contributed by atoms with Crippen molar-refractivity contribution in [3.63, 3.8) is 0 Å². The van der Waals surface area contributed by atoms with Gasteiger partial charge in [-0.05, 0) is 31.5 Å². The number of nitro benzene ring substituents is 3. The molecule has 13 nitrogen and oxygen atoms in total. The van der Waals surface area contributed by atoms with E-state index in [0.29, 0.717) is 12.1 Å². The van der Waals surface area contributed by atoms with Gasteiger partial charge in [0.15, 0.2) is 0 Å². The molecule has 0 fully saturated rings. The smallest absolute Gasteiger partial charge is 0.324 e. The van der Waals surface area contributed by atoms with Gasteiger partial charge in [0.05, 0.1) is 26.9 Å². The number of unbranched alkanes of at least 4 members (excludes halogenated alkanes) is 2. The molecule has 13 heteroatoms. The summed E-state index contributed by atoms with van der Waals surface area (Å²) in [6, 6.07) is 10.2. The number of hydrogen-bond acceptors (Lipinski definition) is 9. The van der Waals surface area contributed by atoms with Gasteiger partial charge in [0.2, 0.25) is 0 Å². The second-order valence-electron chi connectivity index (χ2n) is 6.08. The third kappa shape index (κ3) is 8.02. The highest BCUT2D eigenvalue weighted by atomic mass is 16.6. The Balaban J connectivity index is 0.000000311. The first-order valence-electron chi connectivity index (χ1n) is 9.02. The average Bonchev–Trinajstić information content (AvgIpc) is 2.74. The summed E-state index contributed by atoms with van der Waals surface area (Å²) in [4.78, 5) is 39.3. The summed E-state index contributed by atoms with van der Waals surface area (Å²) in [6.45, 7) is 1.46. The number of non-ortho nitro benzene ring substituents is 1. The van der Waals surface area contributed by atoms with Gasteiger partial charge in [0, 0.05) is 12.1 Å². The maximum Gasteiger partial charge on any atom is 0.324 e. The van der Waals surface area contributed by atoms with Crippen LogP contribution in [0.3, 0.4) is 0 Å². The molecule has 0 unspecified atom stereocenters. The Morgan fingerprint density at radius 3 is 1.90 bits per heavy atom. The van der Waals surface area contributed by atoms with Crippen molar-refractivity contribution in [3.05, 3.63) is 78.4 Å². The number of phenols is 1. The monoisotopic (exact) mass is 435 g/mol. The van der Waals surface area contributed by atoms with Gasteiger partial charge in [-0.1, -0.05) is 24.6 Å². The van der Waals surface area contributed by atoms with Crippen LogP contribution in [0, 0.1) is 30.3 Å². The van der Waals surface area contributed by atoms with Gasteiger partial charge in [-0.3, -0.25) is 35.1 Å². The number of nitrogens with one attached hydrogen (secondary N) is 1. The molecule has 0 aliphatic heterocycles. The van der Waals surface area contributed by atoms with Gasteiger partial charge in [0.1, 0.15) is 0 Å². The Kier molecular flexibility index (Phi) is 9.99. The Labute approximate surface area is 175 Å². The molecule has 166 valence electrons. The van der Waals surface area contributed by atoms with E-state index in [1.54, 1.807) is 0 Å². The number of nitro groups is 3. The zero-order chi connectivity index (χ0) is 23.4. The van der Waals surface area contributed by atoms with Crippen LogP contribution in [0.5, 0.6) is 5.75 Å². The van der Waals surface area contributed by atoms with E-state index in [1.807, 2.05) is 30.3 Å². The number of aromatic hydroxyl groups is 1. The van der Waals surface area contributed by atoms with Crippen molar-refractivity contribution in [3.8, 4) is 5.75 Å². The molecule has 2 aromatic carbocycles. The Morgan fingerprint density at radius 1 is 0.903 bits per heavy atom. The number of hydrogen-bond donors (Lipinski definition) is 3. The predicted octanol–water partition coefficient (Wildman–Crippen LogP) is 2.66. The molecule has 4 N–H and O–H groups in total. The first-order valence-corrected chi connectivity index (χ1v) is 9.02. The maximum atomic E-state index is 11.5. The quantitative estimate of drug-likeness (QED) is 0.300. The van der Waals surface area contributed by atoms with Gasteiger partial charge >= 0.3 is 11.4 Å². The lowest BCUT2D eigenvalue weighted by Crippen LogP contribution is -2.24. The van der Waals surface area contributed by atoms with Crippen LogP contribution >= 0.6 is 0 Å². The molecule has 0 aliphatic rings. The third-order valence-corrected chi connectivity index (χ3v) is 3.86. The SMILES string of the molecule is NCCCCCNC(=O)c1ccccc1.O=[N+]([O-])c1cc([N+](=O)[O-])c(O)c([N+](=O)[O-])c1. The number of carbonyl (C=O) groups excluding carboxylic acids is 1. The van der Waals surface area contributed by atoms with E-state index in [4.69, 9.17) is 10.8 Å². The standard InChI is InChI=1S/C12H18N2O.C6H3N3O7/c13-9-5-2-6-10-14-12(15)11-7-3-1-4-8-11;10-6-4(8(13)14)1-3(7(11)12)2-5(6)9(15)16/h1,3-4,7-8H,2,5-6,9-10,13H2,(H,14,15);1-2,10H. The molecule has 0 spiro atoms. The molecule has 31 heavy (non-hydrogen) atoms. The highest BCUT2D eigenvalue weighted by Gasteiger charge is 2.30. The van der Waals surface area contributed by atoms with Crippen molar-refractivity contribution in [1.29, 1.82) is 0 Å². The lowest BCUT2D eigenvalue weighted by Gasteiger charge is -2.04. The van der Waals surface area contributed by atoms with E-state index in [2.05, 4.69) is 5.32 Å². The Bertz CT molecular complexity index is 901.